The van der Waals surface area contributed by atoms with Crippen LogP contribution >= 0.6 is 0 Å². The summed E-state index contributed by atoms with van der Waals surface area (Å²) < 4.78 is 5.36. The van der Waals surface area contributed by atoms with Crippen molar-refractivity contribution in [3.63, 3.8) is 0 Å². The summed E-state index contributed by atoms with van der Waals surface area (Å²) >= 11 is 0. The van der Waals surface area contributed by atoms with Crippen molar-refractivity contribution in [3.8, 4) is 5.75 Å². The van der Waals surface area contributed by atoms with Crippen molar-refractivity contribution < 1.29 is 14.5 Å². The van der Waals surface area contributed by atoms with Crippen LogP contribution in [0.1, 0.15) is 18.1 Å². The lowest BCUT2D eigenvalue weighted by Crippen LogP contribution is -2.24. The normalized spacial score (nSPS) is 11.0. The molecule has 0 bridgehead atoms. The third-order valence-corrected chi connectivity index (χ3v) is 3.46. The molecule has 2 rings (SSSR count). The monoisotopic (exact) mass is 353 g/mol. The van der Waals surface area contributed by atoms with Crippen LogP contribution in [-0.2, 0) is 11.2 Å². The third kappa shape index (κ3) is 5.86. The lowest BCUT2D eigenvalue weighted by atomic mass is 10.2. The number of allylic oxidation sites excluding steroid dienone is 1. The van der Waals surface area contributed by atoms with E-state index >= 15 is 0 Å². The van der Waals surface area contributed by atoms with Gasteiger partial charge in [0.05, 0.1) is 10.5 Å². The van der Waals surface area contributed by atoms with Crippen LogP contribution in [0.2, 0.25) is 0 Å². The van der Waals surface area contributed by atoms with Crippen LogP contribution in [-0.4, -0.2) is 23.7 Å². The zero-order valence-corrected chi connectivity index (χ0v) is 14.3. The number of amides is 1. The molecule has 0 saturated heterocycles. The Hall–Kier alpha value is -3.48. The zero-order valence-electron chi connectivity index (χ0n) is 14.3. The highest BCUT2D eigenvalue weighted by Gasteiger charge is 2.08. The first-order valence-corrected chi connectivity index (χ1v) is 8.04. The number of carbonyl (C=O) groups is 1. The maximum atomic E-state index is 11.7. The second-order valence-electron chi connectivity index (χ2n) is 5.27. The Morgan fingerprint density at radius 2 is 1.96 bits per heavy atom. The average Bonchev–Trinajstić information content (AvgIpc) is 2.66. The highest BCUT2D eigenvalue weighted by molar-refractivity contribution is 5.82. The van der Waals surface area contributed by atoms with Gasteiger partial charge in [-0.2, -0.15) is 5.10 Å². The molecule has 26 heavy (non-hydrogen) atoms. The summed E-state index contributed by atoms with van der Waals surface area (Å²) in [4.78, 5) is 22.1. The Bertz CT molecular complexity index is 814. The molecule has 1 N–H and O–H groups in total. The maximum absolute atomic E-state index is 11.7. The van der Waals surface area contributed by atoms with Gasteiger partial charge in [-0.1, -0.05) is 31.2 Å². The van der Waals surface area contributed by atoms with E-state index < -0.39 is 10.8 Å². The number of carbonyl (C=O) groups excluding carboxylic acids is 1. The largest absolute Gasteiger partial charge is 0.484 e. The molecular weight excluding hydrogens is 334 g/mol. The summed E-state index contributed by atoms with van der Waals surface area (Å²) in [5.74, 6) is 0.206. The molecule has 0 radical (unpaired) electrons. The van der Waals surface area contributed by atoms with Gasteiger partial charge in [0.2, 0.25) is 0 Å². The number of para-hydroxylation sites is 1. The molecule has 1 amide bonds. The van der Waals surface area contributed by atoms with Crippen LogP contribution < -0.4 is 10.2 Å². The summed E-state index contributed by atoms with van der Waals surface area (Å²) in [7, 11) is 0. The molecule has 2 aromatic carbocycles. The molecule has 0 saturated carbocycles. The number of nitrogens with one attached hydrogen (secondary N) is 1. The van der Waals surface area contributed by atoms with Crippen molar-refractivity contribution in [1.29, 1.82) is 0 Å². The molecule has 0 aliphatic carbocycles. The molecule has 0 aromatic heterocycles. The van der Waals surface area contributed by atoms with Gasteiger partial charge in [-0.3, -0.25) is 14.9 Å². The number of aryl methyl sites for hydroxylation is 1. The van der Waals surface area contributed by atoms with Gasteiger partial charge in [0, 0.05) is 12.3 Å². The molecule has 0 atom stereocenters. The second kappa shape index (κ2) is 9.73. The number of hydrogen-bond donors (Lipinski definition) is 1. The van der Waals surface area contributed by atoms with Gasteiger partial charge in [0.15, 0.2) is 6.61 Å². The number of rotatable bonds is 8. The van der Waals surface area contributed by atoms with E-state index in [4.69, 9.17) is 4.74 Å². The topological polar surface area (TPSA) is 93.8 Å². The molecule has 0 unspecified atom stereocenters. The minimum absolute atomic E-state index is 0.00340. The van der Waals surface area contributed by atoms with Crippen LogP contribution in [0.4, 0.5) is 5.69 Å². The first kappa shape index (κ1) is 18.9. The van der Waals surface area contributed by atoms with Crippen LogP contribution in [0, 0.1) is 10.1 Å². The SMILES string of the molecule is CCc1ccc(OCC(=O)N/N=C/C=C/c2ccccc2[N+](=O)[O-])cc1. The summed E-state index contributed by atoms with van der Waals surface area (Å²) in [6.45, 7) is 1.91. The molecule has 0 aliphatic heterocycles. The van der Waals surface area contributed by atoms with Crippen LogP contribution in [0.15, 0.2) is 59.7 Å². The summed E-state index contributed by atoms with van der Waals surface area (Å²) in [5, 5.41) is 14.6. The lowest BCUT2D eigenvalue weighted by Gasteiger charge is -2.05. The second-order valence-corrected chi connectivity index (χ2v) is 5.27. The molecular formula is C19H19N3O4. The van der Waals surface area contributed by atoms with E-state index in [1.165, 1.54) is 23.9 Å². The predicted molar refractivity (Wildman–Crippen MR) is 100 cm³/mol. The Morgan fingerprint density at radius 1 is 1.23 bits per heavy atom. The predicted octanol–water partition coefficient (Wildman–Crippen LogP) is 3.35. The van der Waals surface area contributed by atoms with Gasteiger partial charge >= 0.3 is 0 Å². The Balaban J connectivity index is 1.79. The van der Waals surface area contributed by atoms with E-state index in [1.54, 1.807) is 24.3 Å². The van der Waals surface area contributed by atoms with Crippen LogP contribution in [0.25, 0.3) is 6.08 Å². The maximum Gasteiger partial charge on any atom is 0.277 e. The van der Waals surface area contributed by atoms with Gasteiger partial charge in [0.1, 0.15) is 5.75 Å². The number of hydrazone groups is 1. The van der Waals surface area contributed by atoms with Crippen LogP contribution in [0.5, 0.6) is 5.75 Å². The third-order valence-electron chi connectivity index (χ3n) is 3.46. The van der Waals surface area contributed by atoms with Crippen molar-refractivity contribution in [3.05, 3.63) is 75.8 Å². The van der Waals surface area contributed by atoms with E-state index in [9.17, 15) is 14.9 Å². The quantitative estimate of drug-likeness (QED) is 0.447. The minimum atomic E-state index is -0.455. The standard InChI is InChI=1S/C19H19N3O4/c1-2-15-9-11-17(12-10-15)26-14-19(23)21-20-13-5-7-16-6-3-4-8-18(16)22(24)25/h3-13H,2,14H2,1H3,(H,21,23)/b7-5+,20-13+. The van der Waals surface area contributed by atoms with Gasteiger partial charge in [0.25, 0.3) is 11.6 Å². The summed E-state index contributed by atoms with van der Waals surface area (Å²) in [6, 6.07) is 13.9. The molecule has 7 nitrogen and oxygen atoms in total. The first-order chi connectivity index (χ1) is 12.6. The van der Waals surface area contributed by atoms with Gasteiger partial charge in [-0.15, -0.1) is 0 Å². The molecule has 0 spiro atoms. The number of ether oxygens (including phenoxy) is 1. The summed E-state index contributed by atoms with van der Waals surface area (Å²) in [5.41, 5.74) is 3.97. The van der Waals surface area contributed by atoms with Crippen molar-refractivity contribution in [2.75, 3.05) is 6.61 Å². The van der Waals surface area contributed by atoms with Crippen molar-refractivity contribution in [2.45, 2.75) is 13.3 Å². The van der Waals surface area contributed by atoms with Crippen molar-refractivity contribution in [2.24, 2.45) is 5.10 Å². The fraction of sp³-hybridized carbons (Fsp3) is 0.158. The van der Waals surface area contributed by atoms with Gasteiger partial charge in [-0.05, 0) is 42.3 Å². The molecule has 0 aliphatic rings. The smallest absolute Gasteiger partial charge is 0.277 e. The number of nitro groups is 1. The minimum Gasteiger partial charge on any atom is -0.484 e. The highest BCUT2D eigenvalue weighted by Crippen LogP contribution is 2.18. The van der Waals surface area contributed by atoms with E-state index in [0.29, 0.717) is 11.3 Å². The molecule has 0 heterocycles. The Morgan fingerprint density at radius 3 is 2.65 bits per heavy atom. The van der Waals surface area contributed by atoms with Crippen molar-refractivity contribution >= 4 is 23.9 Å². The Labute approximate surface area is 151 Å². The number of benzene rings is 2. The van der Waals surface area contributed by atoms with E-state index in [2.05, 4.69) is 17.5 Å². The average molecular weight is 353 g/mol. The first-order valence-electron chi connectivity index (χ1n) is 8.04. The van der Waals surface area contributed by atoms with Crippen molar-refractivity contribution in [1.82, 2.24) is 5.43 Å². The van der Waals surface area contributed by atoms with Gasteiger partial charge in [-0.25, -0.2) is 5.43 Å². The molecule has 2 aromatic rings. The van der Waals surface area contributed by atoms with E-state index in [0.717, 1.165) is 6.42 Å². The lowest BCUT2D eigenvalue weighted by molar-refractivity contribution is -0.385. The Kier molecular flexibility index (Phi) is 7.05. The van der Waals surface area contributed by atoms with Crippen LogP contribution in [0.3, 0.4) is 0 Å². The molecule has 134 valence electrons. The van der Waals surface area contributed by atoms with Gasteiger partial charge < -0.3 is 4.74 Å². The van der Waals surface area contributed by atoms with E-state index in [1.807, 2.05) is 24.3 Å². The zero-order chi connectivity index (χ0) is 18.8. The highest BCUT2D eigenvalue weighted by atomic mass is 16.6. The molecule has 7 heteroatoms. The molecule has 0 fully saturated rings. The number of nitrogens with zero attached hydrogens (tertiary/aromatic N) is 2. The number of nitro benzene ring substituents is 1. The number of hydrogen-bond acceptors (Lipinski definition) is 5. The summed E-state index contributed by atoms with van der Waals surface area (Å²) in [6.07, 6.45) is 5.33. The fourth-order valence-electron chi connectivity index (χ4n) is 2.10. The fourth-order valence-corrected chi connectivity index (χ4v) is 2.10. The van der Waals surface area contributed by atoms with E-state index in [-0.39, 0.29) is 12.3 Å².